The molecule has 254 valence electrons. The lowest BCUT2D eigenvalue weighted by molar-refractivity contribution is 0.619. The maximum atomic E-state index is 6.54. The largest absolute Gasteiger partial charge is 0.456 e. The van der Waals surface area contributed by atoms with Crippen molar-refractivity contribution in [1.82, 2.24) is 4.98 Å². The quantitative estimate of drug-likeness (QED) is 0.173. The monoisotopic (exact) mass is 694 g/mol. The highest BCUT2D eigenvalue weighted by atomic mass is 16.4. The van der Waals surface area contributed by atoms with Crippen LogP contribution in [-0.4, -0.2) is 4.98 Å². The smallest absolute Gasteiger partial charge is 0.227 e. The van der Waals surface area contributed by atoms with E-state index in [1.54, 1.807) is 0 Å². The Morgan fingerprint density at radius 2 is 1.00 bits per heavy atom. The summed E-state index contributed by atoms with van der Waals surface area (Å²) in [5.74, 6) is 0.592. The summed E-state index contributed by atoms with van der Waals surface area (Å²) in [7, 11) is 0. The van der Waals surface area contributed by atoms with Gasteiger partial charge in [0.2, 0.25) is 5.89 Å². The molecule has 11 rings (SSSR count). The first-order chi connectivity index (χ1) is 26.7. The molecule has 0 N–H and O–H groups in total. The van der Waals surface area contributed by atoms with Crippen LogP contribution in [0.25, 0.3) is 88.7 Å². The van der Waals surface area contributed by atoms with Gasteiger partial charge in [0.05, 0.1) is 5.39 Å². The van der Waals surface area contributed by atoms with Gasteiger partial charge in [-0.2, -0.15) is 0 Å². The highest BCUT2D eigenvalue weighted by molar-refractivity contribution is 6.17. The van der Waals surface area contributed by atoms with Gasteiger partial charge < -0.3 is 18.2 Å². The van der Waals surface area contributed by atoms with Gasteiger partial charge in [-0.1, -0.05) is 109 Å². The van der Waals surface area contributed by atoms with Crippen LogP contribution in [0.2, 0.25) is 0 Å². The second-order valence-electron chi connectivity index (χ2n) is 13.5. The fourth-order valence-corrected chi connectivity index (χ4v) is 7.73. The van der Waals surface area contributed by atoms with E-state index in [9.17, 15) is 0 Å². The van der Waals surface area contributed by atoms with E-state index in [0.29, 0.717) is 5.89 Å². The number of para-hydroxylation sites is 2. The summed E-state index contributed by atoms with van der Waals surface area (Å²) in [4.78, 5) is 7.21. The van der Waals surface area contributed by atoms with Crippen molar-refractivity contribution in [3.05, 3.63) is 182 Å². The van der Waals surface area contributed by atoms with Crippen LogP contribution in [0.3, 0.4) is 0 Å². The van der Waals surface area contributed by atoms with E-state index in [0.717, 1.165) is 94.3 Å². The van der Waals surface area contributed by atoms with Crippen molar-refractivity contribution in [3.8, 4) is 33.7 Å². The molecular formula is C49H30N2O3. The van der Waals surface area contributed by atoms with Crippen LogP contribution in [0.5, 0.6) is 0 Å². The molecule has 0 fully saturated rings. The molecular weight excluding hydrogens is 665 g/mol. The molecule has 0 bridgehead atoms. The standard InChI is InChI=1S/C49H30N2O3/c1-3-10-31(11-4-1)32-18-22-35(23-19-32)51(36-24-20-33(21-25-36)38-15-9-16-40-39-14-7-8-17-42(39)53-48(38)40)37-26-27-41-45(30-37)52-43-28-29-44-47(46(41)43)50-49(54-44)34-12-5-2-6-13-34/h1-30H. The normalized spacial score (nSPS) is 11.7. The maximum Gasteiger partial charge on any atom is 0.227 e. The van der Waals surface area contributed by atoms with Crippen molar-refractivity contribution in [3.63, 3.8) is 0 Å². The van der Waals surface area contributed by atoms with Gasteiger partial charge >= 0.3 is 0 Å². The summed E-state index contributed by atoms with van der Waals surface area (Å²) in [6, 6.07) is 62.8. The Morgan fingerprint density at radius 3 is 1.78 bits per heavy atom. The Balaban J connectivity index is 1.03. The van der Waals surface area contributed by atoms with Crippen molar-refractivity contribution in [2.24, 2.45) is 0 Å². The molecule has 3 aromatic heterocycles. The first-order valence-electron chi connectivity index (χ1n) is 18.0. The predicted octanol–water partition coefficient (Wildman–Crippen LogP) is 14.1. The molecule has 0 aliphatic heterocycles. The number of furan rings is 2. The van der Waals surface area contributed by atoms with Gasteiger partial charge in [-0.15, -0.1) is 0 Å². The summed E-state index contributed by atoms with van der Waals surface area (Å²) in [6.45, 7) is 0. The van der Waals surface area contributed by atoms with Gasteiger partial charge in [0.1, 0.15) is 27.8 Å². The molecule has 5 nitrogen and oxygen atoms in total. The fraction of sp³-hybridized carbons (Fsp3) is 0. The molecule has 0 aliphatic carbocycles. The van der Waals surface area contributed by atoms with Crippen molar-refractivity contribution in [2.75, 3.05) is 4.90 Å². The Morgan fingerprint density at radius 1 is 0.370 bits per heavy atom. The predicted molar refractivity (Wildman–Crippen MR) is 220 cm³/mol. The zero-order chi connectivity index (χ0) is 35.6. The molecule has 0 aliphatic rings. The lowest BCUT2D eigenvalue weighted by atomic mass is 10.0. The fourth-order valence-electron chi connectivity index (χ4n) is 7.73. The molecule has 0 saturated heterocycles. The second kappa shape index (κ2) is 12.1. The third-order valence-corrected chi connectivity index (χ3v) is 10.3. The maximum absolute atomic E-state index is 6.54. The highest BCUT2D eigenvalue weighted by Crippen LogP contribution is 2.42. The molecule has 0 spiro atoms. The van der Waals surface area contributed by atoms with E-state index in [-0.39, 0.29) is 0 Å². The van der Waals surface area contributed by atoms with E-state index in [4.69, 9.17) is 18.2 Å². The molecule has 5 heteroatoms. The molecule has 0 radical (unpaired) electrons. The zero-order valence-electron chi connectivity index (χ0n) is 28.9. The number of aromatic nitrogens is 1. The topological polar surface area (TPSA) is 55.6 Å². The number of oxazole rings is 1. The number of benzene rings is 8. The summed E-state index contributed by atoms with van der Waals surface area (Å²) >= 11 is 0. The first-order valence-corrected chi connectivity index (χ1v) is 18.0. The Kier molecular flexibility index (Phi) is 6.79. The average molecular weight is 695 g/mol. The molecule has 0 unspecified atom stereocenters. The minimum Gasteiger partial charge on any atom is -0.456 e. The van der Waals surface area contributed by atoms with Gasteiger partial charge in [-0.25, -0.2) is 4.98 Å². The molecule has 0 atom stereocenters. The van der Waals surface area contributed by atoms with Crippen LogP contribution < -0.4 is 4.90 Å². The van der Waals surface area contributed by atoms with Crippen LogP contribution in [0.15, 0.2) is 195 Å². The van der Waals surface area contributed by atoms with Gasteiger partial charge in [-0.05, 0) is 83.4 Å². The minimum atomic E-state index is 0.592. The van der Waals surface area contributed by atoms with E-state index in [1.165, 1.54) is 5.56 Å². The van der Waals surface area contributed by atoms with Crippen LogP contribution in [0.4, 0.5) is 17.1 Å². The van der Waals surface area contributed by atoms with E-state index >= 15 is 0 Å². The van der Waals surface area contributed by atoms with Crippen LogP contribution in [0.1, 0.15) is 0 Å². The SMILES string of the molecule is c1ccc(-c2ccc(N(c3ccc(-c4cccc5c4oc4ccccc45)cc3)c3ccc4c(c3)oc3ccc5oc(-c6ccccc6)nc5c34)cc2)cc1. The molecule has 0 saturated carbocycles. The third kappa shape index (κ3) is 4.90. The Bertz CT molecular complexity index is 3140. The van der Waals surface area contributed by atoms with Crippen molar-refractivity contribution in [1.29, 1.82) is 0 Å². The minimum absolute atomic E-state index is 0.592. The summed E-state index contributed by atoms with van der Waals surface area (Å²) in [5, 5.41) is 4.17. The van der Waals surface area contributed by atoms with E-state index < -0.39 is 0 Å². The zero-order valence-corrected chi connectivity index (χ0v) is 28.9. The van der Waals surface area contributed by atoms with Crippen molar-refractivity contribution in [2.45, 2.75) is 0 Å². The van der Waals surface area contributed by atoms with Crippen molar-refractivity contribution >= 4 is 72.0 Å². The number of nitrogens with zero attached hydrogens (tertiary/aromatic N) is 2. The number of hydrogen-bond acceptors (Lipinski definition) is 5. The average Bonchev–Trinajstić information content (AvgIpc) is 3.95. The van der Waals surface area contributed by atoms with Gasteiger partial charge in [-0.3, -0.25) is 0 Å². The third-order valence-electron chi connectivity index (χ3n) is 10.3. The molecule has 0 amide bonds. The number of hydrogen-bond donors (Lipinski definition) is 0. The summed E-state index contributed by atoms with van der Waals surface area (Å²) < 4.78 is 19.1. The summed E-state index contributed by atoms with van der Waals surface area (Å²) in [5.41, 5.74) is 13.3. The number of anilines is 3. The van der Waals surface area contributed by atoms with Crippen LogP contribution in [0, 0.1) is 0 Å². The molecule has 8 aromatic carbocycles. The van der Waals surface area contributed by atoms with Crippen LogP contribution >= 0.6 is 0 Å². The summed E-state index contributed by atoms with van der Waals surface area (Å²) in [6.07, 6.45) is 0. The number of rotatable bonds is 6. The first kappa shape index (κ1) is 30.3. The van der Waals surface area contributed by atoms with Gasteiger partial charge in [0.25, 0.3) is 0 Å². The second-order valence-corrected chi connectivity index (χ2v) is 13.5. The van der Waals surface area contributed by atoms with Gasteiger partial charge in [0.15, 0.2) is 5.58 Å². The van der Waals surface area contributed by atoms with E-state index in [1.807, 2.05) is 60.7 Å². The van der Waals surface area contributed by atoms with Crippen LogP contribution in [-0.2, 0) is 0 Å². The molecule has 54 heavy (non-hydrogen) atoms. The molecule has 3 heterocycles. The lowest BCUT2D eigenvalue weighted by Crippen LogP contribution is -2.09. The number of fused-ring (bicyclic) bond motifs is 8. The van der Waals surface area contributed by atoms with Gasteiger partial charge in [0, 0.05) is 50.4 Å². The Labute approximate surface area is 309 Å². The lowest BCUT2D eigenvalue weighted by Gasteiger charge is -2.26. The molecule has 11 aromatic rings. The highest BCUT2D eigenvalue weighted by Gasteiger charge is 2.20. The van der Waals surface area contributed by atoms with E-state index in [2.05, 4.69) is 126 Å². The Hall–Kier alpha value is -7.37. The van der Waals surface area contributed by atoms with Crippen molar-refractivity contribution < 1.29 is 13.3 Å².